The van der Waals surface area contributed by atoms with Crippen LogP contribution in [0.3, 0.4) is 0 Å². The van der Waals surface area contributed by atoms with Crippen LogP contribution in [0.25, 0.3) is 10.9 Å². The third kappa shape index (κ3) is 4.49. The minimum Gasteiger partial charge on any atom is -0.396 e. The van der Waals surface area contributed by atoms with E-state index in [0.29, 0.717) is 6.54 Å². The molecule has 2 rings (SSSR count). The van der Waals surface area contributed by atoms with Crippen molar-refractivity contribution in [3.05, 3.63) is 30.5 Å². The summed E-state index contributed by atoms with van der Waals surface area (Å²) in [5, 5.41) is 15.9. The van der Waals surface area contributed by atoms with Gasteiger partial charge in [-0.2, -0.15) is 0 Å². The van der Waals surface area contributed by atoms with Crippen LogP contribution in [-0.4, -0.2) is 29.3 Å². The third-order valence-electron chi connectivity index (χ3n) is 3.56. The fraction of sp³-hybridized carbons (Fsp3) is 0.438. The summed E-state index contributed by atoms with van der Waals surface area (Å²) < 4.78 is 0. The van der Waals surface area contributed by atoms with Gasteiger partial charge in [0.2, 0.25) is 0 Å². The number of fused-ring (bicyclic) bond motifs is 1. The lowest BCUT2D eigenvalue weighted by atomic mass is 9.89. The zero-order valence-corrected chi connectivity index (χ0v) is 12.6. The van der Waals surface area contributed by atoms with Gasteiger partial charge in [0, 0.05) is 35.9 Å². The van der Waals surface area contributed by atoms with Gasteiger partial charge >= 0.3 is 6.03 Å². The number of H-pyrrole nitrogens is 1. The Hall–Kier alpha value is -2.01. The first-order chi connectivity index (χ1) is 10.00. The number of hydrogen-bond acceptors (Lipinski definition) is 2. The molecule has 1 aromatic heterocycles. The van der Waals surface area contributed by atoms with Gasteiger partial charge in [0.1, 0.15) is 0 Å². The summed E-state index contributed by atoms with van der Waals surface area (Å²) in [5.74, 6) is 0. The number of carbonyl (C=O) groups excluding carboxylic acids is 1. The third-order valence-corrected chi connectivity index (χ3v) is 3.56. The Labute approximate surface area is 124 Å². The van der Waals surface area contributed by atoms with E-state index in [1.807, 2.05) is 44.3 Å². The molecule has 1 heterocycles. The Bertz CT molecular complexity index is 604. The normalized spacial score (nSPS) is 11.6. The molecule has 0 radical (unpaired) electrons. The molecule has 0 bridgehead atoms. The molecule has 0 unspecified atom stereocenters. The molecule has 21 heavy (non-hydrogen) atoms. The smallest absolute Gasteiger partial charge is 0.319 e. The van der Waals surface area contributed by atoms with Crippen LogP contribution in [0.4, 0.5) is 10.5 Å². The lowest BCUT2D eigenvalue weighted by Gasteiger charge is -2.21. The maximum absolute atomic E-state index is 11.8. The molecular weight excluding hydrogens is 266 g/mol. The van der Waals surface area contributed by atoms with E-state index in [0.717, 1.165) is 29.4 Å². The quantitative estimate of drug-likeness (QED) is 0.617. The Kier molecular flexibility index (Phi) is 4.85. The average molecular weight is 289 g/mol. The van der Waals surface area contributed by atoms with Crippen molar-refractivity contribution in [2.45, 2.75) is 26.7 Å². The zero-order chi connectivity index (χ0) is 15.3. The van der Waals surface area contributed by atoms with E-state index >= 15 is 0 Å². The predicted molar refractivity (Wildman–Crippen MR) is 85.4 cm³/mol. The first kappa shape index (κ1) is 15.4. The summed E-state index contributed by atoms with van der Waals surface area (Å²) >= 11 is 0. The van der Waals surface area contributed by atoms with E-state index in [4.69, 9.17) is 5.11 Å². The second-order valence-corrected chi connectivity index (χ2v) is 6.09. The molecule has 0 saturated heterocycles. The fourth-order valence-corrected chi connectivity index (χ4v) is 2.15. The highest BCUT2D eigenvalue weighted by Crippen LogP contribution is 2.20. The molecule has 2 aromatic rings. The van der Waals surface area contributed by atoms with E-state index in [9.17, 15) is 4.79 Å². The van der Waals surface area contributed by atoms with Crippen molar-refractivity contribution in [1.82, 2.24) is 10.3 Å². The van der Waals surface area contributed by atoms with Gasteiger partial charge in [-0.05, 0) is 42.5 Å². The molecular formula is C16H23N3O2. The van der Waals surface area contributed by atoms with Gasteiger partial charge in [-0.15, -0.1) is 0 Å². The van der Waals surface area contributed by atoms with E-state index < -0.39 is 0 Å². The van der Waals surface area contributed by atoms with Crippen LogP contribution in [-0.2, 0) is 0 Å². The number of aliphatic hydroxyl groups excluding tert-OH is 1. The maximum Gasteiger partial charge on any atom is 0.319 e. The molecule has 0 aliphatic carbocycles. The summed E-state index contributed by atoms with van der Waals surface area (Å²) in [6, 6.07) is 7.50. The molecule has 114 valence electrons. The number of aliphatic hydroxyl groups is 1. The van der Waals surface area contributed by atoms with Crippen molar-refractivity contribution in [2.24, 2.45) is 5.41 Å². The number of nitrogens with one attached hydrogen (secondary N) is 3. The van der Waals surface area contributed by atoms with Crippen LogP contribution in [0.15, 0.2) is 30.5 Å². The Balaban J connectivity index is 1.76. The summed E-state index contributed by atoms with van der Waals surface area (Å²) in [4.78, 5) is 14.9. The molecule has 0 aliphatic rings. The molecule has 0 fully saturated rings. The minimum atomic E-state index is -0.202. The Morgan fingerprint density at radius 3 is 2.90 bits per heavy atom. The number of anilines is 1. The number of carbonyl (C=O) groups is 1. The van der Waals surface area contributed by atoms with Crippen molar-refractivity contribution < 1.29 is 9.90 Å². The second kappa shape index (κ2) is 6.63. The summed E-state index contributed by atoms with van der Waals surface area (Å²) in [7, 11) is 0. The molecule has 2 amide bonds. The second-order valence-electron chi connectivity index (χ2n) is 6.09. The lowest BCUT2D eigenvalue weighted by Crippen LogP contribution is -2.30. The number of urea groups is 1. The van der Waals surface area contributed by atoms with Crippen molar-refractivity contribution in [3.8, 4) is 0 Å². The Morgan fingerprint density at radius 1 is 1.33 bits per heavy atom. The number of rotatable bonds is 6. The number of aromatic nitrogens is 1. The van der Waals surface area contributed by atoms with Crippen molar-refractivity contribution in [1.29, 1.82) is 0 Å². The monoisotopic (exact) mass is 289 g/mol. The van der Waals surface area contributed by atoms with Crippen molar-refractivity contribution in [2.75, 3.05) is 18.5 Å². The predicted octanol–water partition coefficient (Wildman–Crippen LogP) is 3.09. The number of hydrogen-bond donors (Lipinski definition) is 4. The number of aromatic amines is 1. The first-order valence-electron chi connectivity index (χ1n) is 7.23. The Morgan fingerprint density at radius 2 is 2.14 bits per heavy atom. The lowest BCUT2D eigenvalue weighted by molar-refractivity contribution is 0.148. The summed E-state index contributed by atoms with van der Waals surface area (Å²) in [5.41, 5.74) is 1.74. The van der Waals surface area contributed by atoms with E-state index in [1.54, 1.807) is 0 Å². The largest absolute Gasteiger partial charge is 0.396 e. The molecule has 5 nitrogen and oxygen atoms in total. The highest BCUT2D eigenvalue weighted by Gasteiger charge is 2.15. The van der Waals surface area contributed by atoms with Gasteiger partial charge in [0.25, 0.3) is 0 Å². The van der Waals surface area contributed by atoms with Gasteiger partial charge in [-0.3, -0.25) is 0 Å². The molecule has 4 N–H and O–H groups in total. The van der Waals surface area contributed by atoms with E-state index in [2.05, 4.69) is 15.6 Å². The van der Waals surface area contributed by atoms with Gasteiger partial charge in [-0.1, -0.05) is 13.8 Å². The van der Waals surface area contributed by atoms with Crippen LogP contribution < -0.4 is 10.6 Å². The van der Waals surface area contributed by atoms with Gasteiger partial charge in [-0.25, -0.2) is 4.79 Å². The topological polar surface area (TPSA) is 77.2 Å². The highest BCUT2D eigenvalue weighted by molar-refractivity contribution is 5.92. The summed E-state index contributed by atoms with van der Waals surface area (Å²) in [6.45, 7) is 4.79. The van der Waals surface area contributed by atoms with Crippen LogP contribution >= 0.6 is 0 Å². The average Bonchev–Trinajstić information content (AvgIpc) is 2.91. The molecule has 0 spiro atoms. The van der Waals surface area contributed by atoms with E-state index in [1.165, 1.54) is 0 Å². The number of benzene rings is 1. The molecule has 0 aliphatic heterocycles. The molecule has 1 aromatic carbocycles. The van der Waals surface area contributed by atoms with Gasteiger partial charge in [0.05, 0.1) is 0 Å². The minimum absolute atomic E-state index is 0.0858. The van der Waals surface area contributed by atoms with Gasteiger partial charge < -0.3 is 20.7 Å². The molecule has 0 saturated carbocycles. The number of amides is 2. The van der Waals surface area contributed by atoms with Crippen LogP contribution in [0.2, 0.25) is 0 Å². The SMILES string of the molecule is CC(C)(CO)CCCNC(=O)Nc1ccc2[nH]ccc2c1. The first-order valence-corrected chi connectivity index (χ1v) is 7.23. The van der Waals surface area contributed by atoms with Crippen molar-refractivity contribution in [3.63, 3.8) is 0 Å². The molecule has 0 atom stereocenters. The highest BCUT2D eigenvalue weighted by atomic mass is 16.3. The zero-order valence-electron chi connectivity index (χ0n) is 12.6. The van der Waals surface area contributed by atoms with Crippen LogP contribution in [0, 0.1) is 5.41 Å². The van der Waals surface area contributed by atoms with Gasteiger partial charge in [0.15, 0.2) is 0 Å². The standard InChI is InChI=1S/C16H23N3O2/c1-16(2,11-20)7-3-8-18-15(21)19-13-4-5-14-12(10-13)6-9-17-14/h4-6,9-10,17,20H,3,7-8,11H2,1-2H3,(H2,18,19,21). The van der Waals surface area contributed by atoms with Crippen molar-refractivity contribution >= 4 is 22.6 Å². The van der Waals surface area contributed by atoms with E-state index in [-0.39, 0.29) is 18.1 Å². The molecule has 5 heteroatoms. The maximum atomic E-state index is 11.8. The van der Waals surface area contributed by atoms with Crippen LogP contribution in [0.5, 0.6) is 0 Å². The fourth-order valence-electron chi connectivity index (χ4n) is 2.15. The summed E-state index contributed by atoms with van der Waals surface area (Å²) in [6.07, 6.45) is 3.59. The van der Waals surface area contributed by atoms with Crippen LogP contribution in [0.1, 0.15) is 26.7 Å².